The summed E-state index contributed by atoms with van der Waals surface area (Å²) in [5.74, 6) is 1.16. The highest BCUT2D eigenvalue weighted by molar-refractivity contribution is 7.99. The molecule has 1 saturated carbocycles. The smallest absolute Gasteiger partial charge is 0.317 e. The van der Waals surface area contributed by atoms with E-state index in [1.165, 1.54) is 6.42 Å². The predicted octanol–water partition coefficient (Wildman–Crippen LogP) is 3.21. The van der Waals surface area contributed by atoms with Crippen molar-refractivity contribution in [3.8, 4) is 0 Å². The first kappa shape index (κ1) is 16.1. The van der Waals surface area contributed by atoms with Crippen LogP contribution in [0.3, 0.4) is 0 Å². The maximum Gasteiger partial charge on any atom is 0.317 e. The topological polar surface area (TPSA) is 45.2 Å². The van der Waals surface area contributed by atoms with Crippen molar-refractivity contribution in [2.24, 2.45) is 0 Å². The predicted molar refractivity (Wildman–Crippen MR) is 88.5 cm³/mol. The fraction of sp³-hybridized carbons (Fsp3) is 0.625. The van der Waals surface area contributed by atoms with Crippen LogP contribution >= 0.6 is 11.8 Å². The molecule has 2 atom stereocenters. The number of aromatic nitrogens is 1. The summed E-state index contributed by atoms with van der Waals surface area (Å²) in [5.41, 5.74) is 2.05. The third-order valence-corrected chi connectivity index (χ3v) is 5.39. The number of urea groups is 1. The van der Waals surface area contributed by atoms with Gasteiger partial charge in [0, 0.05) is 24.5 Å². The van der Waals surface area contributed by atoms with Gasteiger partial charge in [0.1, 0.15) is 0 Å². The molecule has 0 radical (unpaired) electrons. The number of hydrogen-bond acceptors (Lipinski definition) is 3. The molecule has 0 saturated heterocycles. The Morgan fingerprint density at radius 2 is 2.33 bits per heavy atom. The van der Waals surface area contributed by atoms with Gasteiger partial charge in [0.2, 0.25) is 0 Å². The second-order valence-electron chi connectivity index (χ2n) is 5.58. The number of rotatable bonds is 5. The van der Waals surface area contributed by atoms with Gasteiger partial charge in [-0.1, -0.05) is 13.0 Å². The minimum atomic E-state index is 0.00667. The maximum absolute atomic E-state index is 12.3. The summed E-state index contributed by atoms with van der Waals surface area (Å²) >= 11 is 2.02. The SMILES string of the molecule is CCS[C@@H]1CC[C@@H](N(C)C(=O)NCc2ncccc2C)C1. The van der Waals surface area contributed by atoms with Crippen molar-refractivity contribution in [1.82, 2.24) is 15.2 Å². The molecule has 0 bridgehead atoms. The molecule has 5 heteroatoms. The maximum atomic E-state index is 12.3. The Kier molecular flexibility index (Phi) is 5.91. The van der Waals surface area contributed by atoms with Crippen LogP contribution in [0, 0.1) is 6.92 Å². The van der Waals surface area contributed by atoms with E-state index in [9.17, 15) is 4.79 Å². The van der Waals surface area contributed by atoms with Gasteiger partial charge in [-0.3, -0.25) is 4.98 Å². The third kappa shape index (κ3) is 4.37. The first-order chi connectivity index (χ1) is 10.1. The number of carbonyl (C=O) groups excluding carboxylic acids is 1. The van der Waals surface area contributed by atoms with Crippen LogP contribution in [0.5, 0.6) is 0 Å². The fourth-order valence-electron chi connectivity index (χ4n) is 2.81. The zero-order valence-corrected chi connectivity index (χ0v) is 13.9. The summed E-state index contributed by atoms with van der Waals surface area (Å²) in [7, 11) is 1.91. The molecule has 0 unspecified atom stereocenters. The van der Waals surface area contributed by atoms with Gasteiger partial charge in [0.05, 0.1) is 12.2 Å². The van der Waals surface area contributed by atoms with E-state index < -0.39 is 0 Å². The van der Waals surface area contributed by atoms with E-state index >= 15 is 0 Å². The molecule has 116 valence electrons. The lowest BCUT2D eigenvalue weighted by Gasteiger charge is -2.25. The molecule has 1 aromatic rings. The number of pyridine rings is 1. The Morgan fingerprint density at radius 3 is 3.05 bits per heavy atom. The molecule has 4 nitrogen and oxygen atoms in total. The van der Waals surface area contributed by atoms with Gasteiger partial charge in [-0.25, -0.2) is 4.79 Å². The molecular weight excluding hydrogens is 282 g/mol. The summed E-state index contributed by atoms with van der Waals surface area (Å²) in [5, 5.41) is 3.70. The Labute approximate surface area is 131 Å². The zero-order valence-electron chi connectivity index (χ0n) is 13.1. The summed E-state index contributed by atoms with van der Waals surface area (Å²) in [4.78, 5) is 18.4. The molecule has 1 heterocycles. The van der Waals surface area contributed by atoms with Gasteiger partial charge in [0.25, 0.3) is 0 Å². The van der Waals surface area contributed by atoms with Gasteiger partial charge in [-0.05, 0) is 43.6 Å². The Hall–Kier alpha value is -1.23. The average molecular weight is 307 g/mol. The van der Waals surface area contributed by atoms with Crippen LogP contribution in [-0.4, -0.2) is 40.0 Å². The third-order valence-electron chi connectivity index (χ3n) is 4.15. The van der Waals surface area contributed by atoms with Gasteiger partial charge in [0.15, 0.2) is 0 Å². The molecule has 0 aliphatic heterocycles. The Balaban J connectivity index is 1.82. The van der Waals surface area contributed by atoms with E-state index in [0.29, 0.717) is 17.8 Å². The van der Waals surface area contributed by atoms with Crippen LogP contribution in [-0.2, 0) is 6.54 Å². The summed E-state index contributed by atoms with van der Waals surface area (Å²) < 4.78 is 0. The zero-order chi connectivity index (χ0) is 15.2. The van der Waals surface area contributed by atoms with Crippen LogP contribution in [0.25, 0.3) is 0 Å². The molecule has 2 rings (SSSR count). The van der Waals surface area contributed by atoms with Crippen molar-refractivity contribution in [1.29, 1.82) is 0 Å². The molecule has 1 aliphatic rings. The summed E-state index contributed by atoms with van der Waals surface area (Å²) in [6, 6.07) is 4.31. The van der Waals surface area contributed by atoms with E-state index in [1.54, 1.807) is 6.20 Å². The minimum Gasteiger partial charge on any atom is -0.332 e. The number of amides is 2. The van der Waals surface area contributed by atoms with Crippen molar-refractivity contribution in [2.45, 2.75) is 50.9 Å². The highest BCUT2D eigenvalue weighted by Gasteiger charge is 2.29. The van der Waals surface area contributed by atoms with Crippen molar-refractivity contribution in [3.63, 3.8) is 0 Å². The van der Waals surface area contributed by atoms with Gasteiger partial charge < -0.3 is 10.2 Å². The highest BCUT2D eigenvalue weighted by atomic mass is 32.2. The lowest BCUT2D eigenvalue weighted by molar-refractivity contribution is 0.190. The van der Waals surface area contributed by atoms with E-state index in [0.717, 1.165) is 29.9 Å². The number of nitrogens with zero attached hydrogens (tertiary/aromatic N) is 2. The van der Waals surface area contributed by atoms with Gasteiger partial charge in [-0.2, -0.15) is 11.8 Å². The molecule has 1 aromatic heterocycles. The van der Waals surface area contributed by atoms with Crippen LogP contribution in [0.15, 0.2) is 18.3 Å². The normalized spacial score (nSPS) is 21.3. The Bertz CT molecular complexity index is 480. The lowest BCUT2D eigenvalue weighted by Crippen LogP contribution is -2.42. The van der Waals surface area contributed by atoms with E-state index in [-0.39, 0.29) is 6.03 Å². The number of thioether (sulfide) groups is 1. The summed E-state index contributed by atoms with van der Waals surface area (Å²) in [6.07, 6.45) is 5.22. The standard InChI is InChI=1S/C16H25N3OS/c1-4-21-14-8-7-13(10-14)19(3)16(20)18-11-15-12(2)6-5-9-17-15/h5-6,9,13-14H,4,7-8,10-11H2,1-3H3,(H,18,20)/t13-,14-/m1/s1. The van der Waals surface area contributed by atoms with Crippen molar-refractivity contribution in [3.05, 3.63) is 29.6 Å². The fourth-order valence-corrected chi connectivity index (χ4v) is 3.94. The van der Waals surface area contributed by atoms with E-state index in [2.05, 4.69) is 17.2 Å². The minimum absolute atomic E-state index is 0.00667. The van der Waals surface area contributed by atoms with Crippen LogP contribution in [0.2, 0.25) is 0 Å². The second-order valence-corrected chi connectivity index (χ2v) is 7.16. The largest absolute Gasteiger partial charge is 0.332 e. The second kappa shape index (κ2) is 7.69. The molecule has 0 spiro atoms. The average Bonchev–Trinajstić information content (AvgIpc) is 2.94. The molecule has 1 fully saturated rings. The van der Waals surface area contributed by atoms with E-state index in [1.807, 2.05) is 42.8 Å². The van der Waals surface area contributed by atoms with Crippen molar-refractivity contribution < 1.29 is 4.79 Å². The van der Waals surface area contributed by atoms with Gasteiger partial charge >= 0.3 is 6.03 Å². The molecule has 21 heavy (non-hydrogen) atoms. The Morgan fingerprint density at radius 1 is 1.52 bits per heavy atom. The molecule has 1 aliphatic carbocycles. The van der Waals surface area contributed by atoms with Crippen LogP contribution < -0.4 is 5.32 Å². The van der Waals surface area contributed by atoms with Crippen molar-refractivity contribution >= 4 is 17.8 Å². The first-order valence-electron chi connectivity index (χ1n) is 7.64. The van der Waals surface area contributed by atoms with Gasteiger partial charge in [-0.15, -0.1) is 0 Å². The first-order valence-corrected chi connectivity index (χ1v) is 8.69. The quantitative estimate of drug-likeness (QED) is 0.908. The number of carbonyl (C=O) groups is 1. The van der Waals surface area contributed by atoms with Crippen molar-refractivity contribution in [2.75, 3.05) is 12.8 Å². The molecule has 0 aromatic carbocycles. The number of hydrogen-bond donors (Lipinski definition) is 1. The molecular formula is C16H25N3OS. The molecule has 1 N–H and O–H groups in total. The van der Waals surface area contributed by atoms with Crippen LogP contribution in [0.4, 0.5) is 4.79 Å². The highest BCUT2D eigenvalue weighted by Crippen LogP contribution is 2.32. The monoisotopic (exact) mass is 307 g/mol. The van der Waals surface area contributed by atoms with E-state index in [4.69, 9.17) is 0 Å². The summed E-state index contributed by atoms with van der Waals surface area (Å²) in [6.45, 7) is 4.71. The molecule has 2 amide bonds. The van der Waals surface area contributed by atoms with Crippen LogP contribution in [0.1, 0.15) is 37.4 Å². The lowest BCUT2D eigenvalue weighted by atomic mass is 10.2. The number of aryl methyl sites for hydroxylation is 1. The number of nitrogens with one attached hydrogen (secondary N) is 1.